The van der Waals surface area contributed by atoms with E-state index in [-0.39, 0.29) is 28.1 Å². The summed E-state index contributed by atoms with van der Waals surface area (Å²) in [6.45, 7) is 1.45. The summed E-state index contributed by atoms with van der Waals surface area (Å²) >= 11 is 0. The van der Waals surface area contributed by atoms with Crippen LogP contribution in [0.25, 0.3) is 22.5 Å². The van der Waals surface area contributed by atoms with E-state index in [2.05, 4.69) is 9.97 Å². The monoisotopic (exact) mass is 354 g/mol. The molecule has 0 aliphatic heterocycles. The van der Waals surface area contributed by atoms with Gasteiger partial charge in [-0.25, -0.2) is 36.3 Å². The topological polar surface area (TPSA) is 25.8 Å². The maximum absolute atomic E-state index is 13.4. The minimum Gasteiger partial charge on any atom is -0.236 e. The second-order valence-electron chi connectivity index (χ2n) is 5.20. The molecule has 0 N–H and O–H groups in total. The maximum Gasteiger partial charge on any atom is 0.194 e. The van der Waals surface area contributed by atoms with Crippen LogP contribution in [0.1, 0.15) is 5.56 Å². The molecule has 0 spiro atoms. The van der Waals surface area contributed by atoms with E-state index in [9.17, 15) is 26.3 Å². The van der Waals surface area contributed by atoms with E-state index >= 15 is 0 Å². The van der Waals surface area contributed by atoms with Gasteiger partial charge in [-0.3, -0.25) is 0 Å². The first-order chi connectivity index (χ1) is 11.8. The molecule has 0 unspecified atom stereocenters. The van der Waals surface area contributed by atoms with Crippen molar-refractivity contribution < 1.29 is 26.3 Å². The highest BCUT2D eigenvalue weighted by Crippen LogP contribution is 2.31. The molecule has 25 heavy (non-hydrogen) atoms. The van der Waals surface area contributed by atoms with Crippen molar-refractivity contribution in [2.75, 3.05) is 0 Å². The molecule has 2 aromatic carbocycles. The Morgan fingerprint density at radius 2 is 0.920 bits per heavy atom. The van der Waals surface area contributed by atoms with Gasteiger partial charge in [0.2, 0.25) is 0 Å². The lowest BCUT2D eigenvalue weighted by Crippen LogP contribution is -2.00. The molecule has 0 aliphatic carbocycles. The Hall–Kier alpha value is -2.90. The fraction of sp³-hybridized carbons (Fsp3) is 0.0588. The molecule has 0 fully saturated rings. The standard InChI is InChI=1S/C17H8F6N2/c1-7-16(8-2-10(18)14(22)11(19)3-8)24-6-25-17(7)9-4-12(20)15(23)13(21)5-9/h2-6H,1H3. The zero-order chi connectivity index (χ0) is 18.3. The molecule has 0 saturated carbocycles. The molecule has 0 bridgehead atoms. The summed E-state index contributed by atoms with van der Waals surface area (Å²) < 4.78 is 79.9. The molecule has 0 atom stereocenters. The predicted molar refractivity (Wildman–Crippen MR) is 77.4 cm³/mol. The van der Waals surface area contributed by atoms with Crippen LogP contribution >= 0.6 is 0 Å². The third kappa shape index (κ3) is 2.95. The van der Waals surface area contributed by atoms with Gasteiger partial charge in [-0.05, 0) is 31.2 Å². The van der Waals surface area contributed by atoms with Crippen molar-refractivity contribution in [1.29, 1.82) is 0 Å². The van der Waals surface area contributed by atoms with Crippen LogP contribution < -0.4 is 0 Å². The summed E-state index contributed by atoms with van der Waals surface area (Å²) in [5.41, 5.74) is 0.125. The van der Waals surface area contributed by atoms with E-state index in [1.165, 1.54) is 6.92 Å². The number of rotatable bonds is 2. The van der Waals surface area contributed by atoms with Crippen molar-refractivity contribution in [2.45, 2.75) is 6.92 Å². The Morgan fingerprint density at radius 3 is 1.24 bits per heavy atom. The highest BCUT2D eigenvalue weighted by Gasteiger charge is 2.18. The molecular weight excluding hydrogens is 346 g/mol. The van der Waals surface area contributed by atoms with Gasteiger partial charge in [0, 0.05) is 16.7 Å². The second kappa shape index (κ2) is 6.19. The molecule has 0 saturated heterocycles. The summed E-state index contributed by atoms with van der Waals surface area (Å²) in [4.78, 5) is 7.76. The van der Waals surface area contributed by atoms with Crippen LogP contribution in [0.2, 0.25) is 0 Å². The molecule has 128 valence electrons. The zero-order valence-electron chi connectivity index (χ0n) is 12.5. The Kier molecular flexibility index (Phi) is 4.20. The number of benzene rings is 2. The van der Waals surface area contributed by atoms with Gasteiger partial charge in [-0.1, -0.05) is 0 Å². The van der Waals surface area contributed by atoms with Gasteiger partial charge in [0.25, 0.3) is 0 Å². The number of nitrogens with zero attached hydrogens (tertiary/aromatic N) is 2. The van der Waals surface area contributed by atoms with Gasteiger partial charge in [0.1, 0.15) is 6.33 Å². The van der Waals surface area contributed by atoms with Crippen LogP contribution in [0.4, 0.5) is 26.3 Å². The first-order valence-corrected chi connectivity index (χ1v) is 6.91. The van der Waals surface area contributed by atoms with Crippen molar-refractivity contribution in [2.24, 2.45) is 0 Å². The van der Waals surface area contributed by atoms with Crippen molar-refractivity contribution in [3.8, 4) is 22.5 Å². The Balaban J connectivity index is 2.19. The lowest BCUT2D eigenvalue weighted by atomic mass is 10.0. The molecular formula is C17H8F6N2. The number of hydrogen-bond acceptors (Lipinski definition) is 2. The average Bonchev–Trinajstić information content (AvgIpc) is 2.57. The van der Waals surface area contributed by atoms with Gasteiger partial charge >= 0.3 is 0 Å². The van der Waals surface area contributed by atoms with Crippen LogP contribution in [0, 0.1) is 41.8 Å². The van der Waals surface area contributed by atoms with E-state index in [1.807, 2.05) is 0 Å². The molecule has 1 heterocycles. The molecule has 8 heteroatoms. The summed E-state index contributed by atoms with van der Waals surface area (Å²) in [5.74, 6) is -8.89. The number of aromatic nitrogens is 2. The predicted octanol–water partition coefficient (Wildman–Crippen LogP) is 4.95. The summed E-state index contributed by atoms with van der Waals surface area (Å²) in [6, 6.07) is 2.96. The normalized spacial score (nSPS) is 11.0. The Labute approximate surface area is 137 Å². The molecule has 3 aromatic rings. The first-order valence-electron chi connectivity index (χ1n) is 6.91. The highest BCUT2D eigenvalue weighted by atomic mass is 19.2. The van der Waals surface area contributed by atoms with Gasteiger partial charge in [0.05, 0.1) is 11.4 Å². The lowest BCUT2D eigenvalue weighted by Gasteiger charge is -2.11. The third-order valence-electron chi connectivity index (χ3n) is 3.60. The van der Waals surface area contributed by atoms with E-state index < -0.39 is 34.9 Å². The van der Waals surface area contributed by atoms with Crippen molar-refractivity contribution >= 4 is 0 Å². The van der Waals surface area contributed by atoms with Crippen molar-refractivity contribution in [3.05, 3.63) is 71.1 Å². The van der Waals surface area contributed by atoms with E-state index in [1.54, 1.807) is 0 Å². The van der Waals surface area contributed by atoms with Crippen LogP contribution in [-0.4, -0.2) is 9.97 Å². The molecule has 0 amide bonds. The Bertz CT molecular complexity index is 865. The zero-order valence-corrected chi connectivity index (χ0v) is 12.5. The van der Waals surface area contributed by atoms with Crippen molar-refractivity contribution in [1.82, 2.24) is 9.97 Å². The highest BCUT2D eigenvalue weighted by molar-refractivity contribution is 5.73. The SMILES string of the molecule is Cc1c(-c2cc(F)c(F)c(F)c2)ncnc1-c1cc(F)c(F)c(F)c1. The lowest BCUT2D eigenvalue weighted by molar-refractivity contribution is 0.447. The minimum absolute atomic E-state index is 0.0351. The molecule has 2 nitrogen and oxygen atoms in total. The molecule has 1 aromatic heterocycles. The Morgan fingerprint density at radius 1 is 0.600 bits per heavy atom. The summed E-state index contributed by atoms with van der Waals surface area (Å²) in [5, 5.41) is 0. The maximum atomic E-state index is 13.4. The largest absolute Gasteiger partial charge is 0.236 e. The fourth-order valence-electron chi connectivity index (χ4n) is 2.42. The van der Waals surface area contributed by atoms with Crippen molar-refractivity contribution in [3.63, 3.8) is 0 Å². The quantitative estimate of drug-likeness (QED) is 0.481. The van der Waals surface area contributed by atoms with Gasteiger partial charge in [0.15, 0.2) is 34.9 Å². The van der Waals surface area contributed by atoms with Crippen LogP contribution in [-0.2, 0) is 0 Å². The van der Waals surface area contributed by atoms with Crippen LogP contribution in [0.5, 0.6) is 0 Å². The number of hydrogen-bond donors (Lipinski definition) is 0. The van der Waals surface area contributed by atoms with Gasteiger partial charge in [-0.15, -0.1) is 0 Å². The average molecular weight is 354 g/mol. The first kappa shape index (κ1) is 16.9. The summed E-state index contributed by atoms with van der Waals surface area (Å²) in [6.07, 6.45) is 1.01. The van der Waals surface area contributed by atoms with E-state index in [0.29, 0.717) is 0 Å². The fourth-order valence-corrected chi connectivity index (χ4v) is 2.42. The van der Waals surface area contributed by atoms with Crippen LogP contribution in [0.15, 0.2) is 30.6 Å². The van der Waals surface area contributed by atoms with E-state index in [0.717, 1.165) is 30.6 Å². The molecule has 0 radical (unpaired) electrons. The molecule has 3 rings (SSSR count). The second-order valence-corrected chi connectivity index (χ2v) is 5.20. The third-order valence-corrected chi connectivity index (χ3v) is 3.60. The molecule has 0 aliphatic rings. The number of halogens is 6. The van der Waals surface area contributed by atoms with Crippen LogP contribution in [0.3, 0.4) is 0 Å². The summed E-state index contributed by atoms with van der Waals surface area (Å²) in [7, 11) is 0. The minimum atomic E-state index is -1.63. The van der Waals surface area contributed by atoms with Gasteiger partial charge < -0.3 is 0 Å². The van der Waals surface area contributed by atoms with E-state index in [4.69, 9.17) is 0 Å². The van der Waals surface area contributed by atoms with Gasteiger partial charge in [-0.2, -0.15) is 0 Å². The smallest absolute Gasteiger partial charge is 0.194 e.